The van der Waals surface area contributed by atoms with E-state index in [2.05, 4.69) is 4.98 Å². The number of pyridine rings is 1. The van der Waals surface area contributed by atoms with Crippen LogP contribution in [0.25, 0.3) is 0 Å². The number of aromatic nitrogens is 1. The summed E-state index contributed by atoms with van der Waals surface area (Å²) in [4.78, 5) is 30.0. The van der Waals surface area contributed by atoms with E-state index in [-0.39, 0.29) is 18.3 Å². The summed E-state index contributed by atoms with van der Waals surface area (Å²) in [6.07, 6.45) is 3.33. The number of esters is 1. The molecule has 0 aliphatic rings. The van der Waals surface area contributed by atoms with E-state index in [1.54, 1.807) is 30.2 Å². The van der Waals surface area contributed by atoms with Gasteiger partial charge in [-0.3, -0.25) is 14.6 Å². The maximum Gasteiger partial charge on any atom is 0.307 e. The summed E-state index contributed by atoms with van der Waals surface area (Å²) in [6.45, 7) is 4.87. The van der Waals surface area contributed by atoms with Gasteiger partial charge in [0.05, 0.1) is 18.6 Å². The molecule has 1 aromatic carbocycles. The molecule has 1 amide bonds. The predicted octanol–water partition coefficient (Wildman–Crippen LogP) is 2.99. The first-order valence-electron chi connectivity index (χ1n) is 8.00. The summed E-state index contributed by atoms with van der Waals surface area (Å²) >= 11 is 0. The van der Waals surface area contributed by atoms with Crippen molar-refractivity contribution in [2.24, 2.45) is 0 Å². The summed E-state index contributed by atoms with van der Waals surface area (Å²) in [5.74, 6) is -0.446. The highest BCUT2D eigenvalue weighted by Crippen LogP contribution is 2.11. The van der Waals surface area contributed by atoms with E-state index in [4.69, 9.17) is 4.74 Å². The Morgan fingerprint density at radius 2 is 1.92 bits per heavy atom. The van der Waals surface area contributed by atoms with Gasteiger partial charge in [-0.05, 0) is 31.5 Å². The lowest BCUT2D eigenvalue weighted by Crippen LogP contribution is -2.33. The number of benzene rings is 1. The van der Waals surface area contributed by atoms with E-state index in [0.29, 0.717) is 25.3 Å². The average molecular weight is 326 g/mol. The van der Waals surface area contributed by atoms with Crippen molar-refractivity contribution in [3.05, 3.63) is 65.5 Å². The normalized spacial score (nSPS) is 10.2. The first kappa shape index (κ1) is 17.7. The van der Waals surface area contributed by atoms with E-state index in [0.717, 1.165) is 11.1 Å². The van der Waals surface area contributed by atoms with Gasteiger partial charge in [-0.25, -0.2) is 0 Å². The van der Waals surface area contributed by atoms with Crippen molar-refractivity contribution < 1.29 is 14.3 Å². The van der Waals surface area contributed by atoms with Gasteiger partial charge in [-0.1, -0.05) is 29.8 Å². The number of aryl methyl sites for hydroxylation is 1. The SMILES string of the molecule is CCOC(=O)CCN(Cc1ccc(C)cc1)C(=O)c1cccnc1. The van der Waals surface area contributed by atoms with Crippen molar-refractivity contribution in [2.75, 3.05) is 13.2 Å². The number of rotatable bonds is 7. The highest BCUT2D eigenvalue weighted by Gasteiger charge is 2.18. The molecule has 0 unspecified atom stereocenters. The van der Waals surface area contributed by atoms with Crippen LogP contribution in [0.2, 0.25) is 0 Å². The summed E-state index contributed by atoms with van der Waals surface area (Å²) in [6, 6.07) is 11.4. The molecule has 126 valence electrons. The number of amides is 1. The lowest BCUT2D eigenvalue weighted by Gasteiger charge is -2.22. The maximum absolute atomic E-state index is 12.7. The number of carbonyl (C=O) groups is 2. The molecule has 2 rings (SSSR count). The second-order valence-corrected chi connectivity index (χ2v) is 5.51. The fourth-order valence-corrected chi connectivity index (χ4v) is 2.30. The number of ether oxygens (including phenoxy) is 1. The molecule has 0 saturated heterocycles. The molecule has 1 aromatic heterocycles. The number of carbonyl (C=O) groups excluding carboxylic acids is 2. The molecule has 0 saturated carbocycles. The van der Waals surface area contributed by atoms with Crippen LogP contribution in [0.15, 0.2) is 48.8 Å². The third-order valence-electron chi connectivity index (χ3n) is 3.58. The Balaban J connectivity index is 2.12. The molecule has 5 heteroatoms. The van der Waals surface area contributed by atoms with Crippen LogP contribution in [0, 0.1) is 6.92 Å². The zero-order chi connectivity index (χ0) is 17.4. The topological polar surface area (TPSA) is 59.5 Å². The van der Waals surface area contributed by atoms with Crippen LogP contribution in [0.5, 0.6) is 0 Å². The molecular formula is C19H22N2O3. The van der Waals surface area contributed by atoms with E-state index in [1.807, 2.05) is 31.2 Å². The maximum atomic E-state index is 12.7. The number of hydrogen-bond acceptors (Lipinski definition) is 4. The summed E-state index contributed by atoms with van der Waals surface area (Å²) in [7, 11) is 0. The van der Waals surface area contributed by atoms with Crippen LogP contribution < -0.4 is 0 Å². The Hall–Kier alpha value is -2.69. The second kappa shape index (κ2) is 8.82. The minimum atomic E-state index is -0.301. The van der Waals surface area contributed by atoms with Crippen LogP contribution in [0.4, 0.5) is 0 Å². The molecule has 1 heterocycles. The summed E-state index contributed by atoms with van der Waals surface area (Å²) in [5.41, 5.74) is 2.69. The van der Waals surface area contributed by atoms with Gasteiger partial charge in [0.1, 0.15) is 0 Å². The largest absolute Gasteiger partial charge is 0.466 e. The monoisotopic (exact) mass is 326 g/mol. The molecule has 0 radical (unpaired) electrons. The fourth-order valence-electron chi connectivity index (χ4n) is 2.30. The molecule has 24 heavy (non-hydrogen) atoms. The third kappa shape index (κ3) is 5.19. The Morgan fingerprint density at radius 1 is 1.17 bits per heavy atom. The van der Waals surface area contributed by atoms with Crippen molar-refractivity contribution in [1.82, 2.24) is 9.88 Å². The van der Waals surface area contributed by atoms with Crippen LogP contribution in [-0.2, 0) is 16.1 Å². The lowest BCUT2D eigenvalue weighted by molar-refractivity contribution is -0.143. The Morgan fingerprint density at radius 3 is 2.54 bits per heavy atom. The molecular weight excluding hydrogens is 304 g/mol. The molecule has 0 aliphatic heterocycles. The second-order valence-electron chi connectivity index (χ2n) is 5.51. The van der Waals surface area contributed by atoms with E-state index >= 15 is 0 Å². The molecule has 0 spiro atoms. The van der Waals surface area contributed by atoms with Gasteiger partial charge in [0, 0.05) is 25.5 Å². The first-order valence-corrected chi connectivity index (χ1v) is 8.00. The van der Waals surface area contributed by atoms with Crippen LogP contribution in [-0.4, -0.2) is 34.9 Å². The standard InChI is InChI=1S/C19H22N2O3/c1-3-24-18(22)10-12-21(14-16-8-6-15(2)7-9-16)19(23)17-5-4-11-20-13-17/h4-9,11,13H,3,10,12,14H2,1-2H3. The van der Waals surface area contributed by atoms with Gasteiger partial charge in [0.15, 0.2) is 0 Å². The highest BCUT2D eigenvalue weighted by atomic mass is 16.5. The molecule has 0 N–H and O–H groups in total. The van der Waals surface area contributed by atoms with Crippen LogP contribution in [0.1, 0.15) is 34.8 Å². The highest BCUT2D eigenvalue weighted by molar-refractivity contribution is 5.94. The van der Waals surface area contributed by atoms with Crippen LogP contribution >= 0.6 is 0 Å². The molecule has 0 atom stereocenters. The van der Waals surface area contributed by atoms with Gasteiger partial charge < -0.3 is 9.64 Å². The van der Waals surface area contributed by atoms with Crippen LogP contribution in [0.3, 0.4) is 0 Å². The quantitative estimate of drug-likeness (QED) is 0.734. The number of hydrogen-bond donors (Lipinski definition) is 0. The van der Waals surface area contributed by atoms with E-state index in [9.17, 15) is 9.59 Å². The van der Waals surface area contributed by atoms with Gasteiger partial charge >= 0.3 is 5.97 Å². The summed E-state index contributed by atoms with van der Waals surface area (Å²) in [5, 5.41) is 0. The Labute approximate surface area is 142 Å². The van der Waals surface area contributed by atoms with Crippen molar-refractivity contribution in [3.8, 4) is 0 Å². The Bertz CT molecular complexity index is 669. The summed E-state index contributed by atoms with van der Waals surface area (Å²) < 4.78 is 4.95. The van der Waals surface area contributed by atoms with Gasteiger partial charge in [0.2, 0.25) is 0 Å². The predicted molar refractivity (Wildman–Crippen MR) is 91.4 cm³/mol. The molecule has 0 fully saturated rings. The zero-order valence-corrected chi connectivity index (χ0v) is 14.1. The number of nitrogens with zero attached hydrogens (tertiary/aromatic N) is 2. The smallest absolute Gasteiger partial charge is 0.307 e. The van der Waals surface area contributed by atoms with Gasteiger partial charge in [-0.2, -0.15) is 0 Å². The van der Waals surface area contributed by atoms with Gasteiger partial charge in [-0.15, -0.1) is 0 Å². The first-order chi connectivity index (χ1) is 11.6. The third-order valence-corrected chi connectivity index (χ3v) is 3.58. The van der Waals surface area contributed by atoms with Crippen molar-refractivity contribution in [3.63, 3.8) is 0 Å². The minimum absolute atomic E-state index is 0.145. The lowest BCUT2D eigenvalue weighted by atomic mass is 10.1. The molecule has 5 nitrogen and oxygen atoms in total. The fraction of sp³-hybridized carbons (Fsp3) is 0.316. The molecule has 0 bridgehead atoms. The average Bonchev–Trinajstić information content (AvgIpc) is 2.60. The molecule has 2 aromatic rings. The minimum Gasteiger partial charge on any atom is -0.466 e. The zero-order valence-electron chi connectivity index (χ0n) is 14.1. The van der Waals surface area contributed by atoms with E-state index < -0.39 is 0 Å². The Kier molecular flexibility index (Phi) is 6.49. The van der Waals surface area contributed by atoms with Gasteiger partial charge in [0.25, 0.3) is 5.91 Å². The van der Waals surface area contributed by atoms with Crippen molar-refractivity contribution in [2.45, 2.75) is 26.8 Å². The van der Waals surface area contributed by atoms with Crippen molar-refractivity contribution >= 4 is 11.9 Å². The molecule has 0 aliphatic carbocycles. The van der Waals surface area contributed by atoms with Crippen molar-refractivity contribution in [1.29, 1.82) is 0 Å². The van der Waals surface area contributed by atoms with E-state index in [1.165, 1.54) is 6.20 Å².